The summed E-state index contributed by atoms with van der Waals surface area (Å²) in [5, 5.41) is 0.599. The van der Waals surface area contributed by atoms with Gasteiger partial charge in [-0.15, -0.1) is 0 Å². The molecule has 0 spiro atoms. The minimum atomic E-state index is -0.110. The standard InChI is InChI=1S/C19H19ClN2O2/c1-13(2)22-17-9-4-3-8-16(17)21(12-19(22)24)18(23)11-14-6-5-7-15(20)10-14/h3-10,13H,11-12H2,1-2H3. The lowest BCUT2D eigenvalue weighted by Gasteiger charge is -2.38. The van der Waals surface area contributed by atoms with E-state index in [1.165, 1.54) is 0 Å². The Kier molecular flexibility index (Phi) is 4.58. The minimum Gasteiger partial charge on any atom is -0.306 e. The molecule has 0 atom stereocenters. The van der Waals surface area contributed by atoms with Crippen molar-refractivity contribution in [2.24, 2.45) is 0 Å². The zero-order valence-electron chi connectivity index (χ0n) is 13.7. The van der Waals surface area contributed by atoms with E-state index in [4.69, 9.17) is 11.6 Å². The quantitative estimate of drug-likeness (QED) is 0.854. The molecule has 0 aliphatic carbocycles. The van der Waals surface area contributed by atoms with E-state index < -0.39 is 0 Å². The molecule has 3 rings (SSSR count). The van der Waals surface area contributed by atoms with Crippen LogP contribution in [0.2, 0.25) is 5.02 Å². The molecule has 5 heteroatoms. The Hall–Kier alpha value is -2.33. The molecule has 0 radical (unpaired) electrons. The maximum absolute atomic E-state index is 12.8. The van der Waals surface area contributed by atoms with Gasteiger partial charge in [0.2, 0.25) is 11.8 Å². The molecule has 24 heavy (non-hydrogen) atoms. The molecule has 2 aromatic carbocycles. The summed E-state index contributed by atoms with van der Waals surface area (Å²) in [4.78, 5) is 28.6. The van der Waals surface area contributed by atoms with Gasteiger partial charge in [-0.05, 0) is 43.7 Å². The third kappa shape index (κ3) is 3.15. The van der Waals surface area contributed by atoms with Gasteiger partial charge in [0.05, 0.1) is 17.8 Å². The number of rotatable bonds is 3. The van der Waals surface area contributed by atoms with E-state index in [9.17, 15) is 9.59 Å². The molecule has 1 heterocycles. The summed E-state index contributed by atoms with van der Waals surface area (Å²) in [6, 6.07) is 14.8. The molecule has 124 valence electrons. The second-order valence-corrected chi connectivity index (χ2v) is 6.57. The monoisotopic (exact) mass is 342 g/mol. The highest BCUT2D eigenvalue weighted by atomic mass is 35.5. The number of carbonyl (C=O) groups excluding carboxylic acids is 2. The Bertz CT molecular complexity index is 788. The van der Waals surface area contributed by atoms with Gasteiger partial charge in [-0.3, -0.25) is 9.59 Å². The van der Waals surface area contributed by atoms with Crippen molar-refractivity contribution in [3.05, 3.63) is 59.1 Å². The molecule has 0 aromatic heterocycles. The van der Waals surface area contributed by atoms with Gasteiger partial charge in [-0.1, -0.05) is 35.9 Å². The first-order valence-corrected chi connectivity index (χ1v) is 8.31. The Morgan fingerprint density at radius 2 is 1.83 bits per heavy atom. The SMILES string of the molecule is CC(C)N1C(=O)CN(C(=O)Cc2cccc(Cl)c2)c2ccccc21. The Balaban J connectivity index is 1.92. The van der Waals surface area contributed by atoms with Gasteiger partial charge in [-0.25, -0.2) is 0 Å². The number of nitrogens with zero attached hydrogens (tertiary/aromatic N) is 2. The van der Waals surface area contributed by atoms with E-state index in [1.54, 1.807) is 21.9 Å². The molecule has 1 aliphatic rings. The molecule has 0 bridgehead atoms. The van der Waals surface area contributed by atoms with E-state index in [1.807, 2.05) is 50.2 Å². The highest BCUT2D eigenvalue weighted by Gasteiger charge is 2.33. The zero-order chi connectivity index (χ0) is 17.3. The summed E-state index contributed by atoms with van der Waals surface area (Å²) in [6.07, 6.45) is 0.212. The lowest BCUT2D eigenvalue weighted by atomic mass is 10.1. The number of amides is 2. The average molecular weight is 343 g/mol. The molecule has 4 nitrogen and oxygen atoms in total. The van der Waals surface area contributed by atoms with Crippen molar-refractivity contribution >= 4 is 34.8 Å². The van der Waals surface area contributed by atoms with Gasteiger partial charge < -0.3 is 9.80 Å². The summed E-state index contributed by atoms with van der Waals surface area (Å²) < 4.78 is 0. The van der Waals surface area contributed by atoms with E-state index in [-0.39, 0.29) is 30.8 Å². The van der Waals surface area contributed by atoms with E-state index >= 15 is 0 Å². The maximum Gasteiger partial charge on any atom is 0.247 e. The number of para-hydroxylation sites is 2. The third-order valence-corrected chi connectivity index (χ3v) is 4.29. The number of hydrogen-bond acceptors (Lipinski definition) is 2. The second kappa shape index (κ2) is 6.65. The summed E-state index contributed by atoms with van der Waals surface area (Å²) in [5.41, 5.74) is 2.39. The van der Waals surface area contributed by atoms with Crippen LogP contribution in [0.4, 0.5) is 11.4 Å². The van der Waals surface area contributed by atoms with Crippen molar-refractivity contribution in [1.82, 2.24) is 0 Å². The molecule has 0 saturated heterocycles. The van der Waals surface area contributed by atoms with Crippen molar-refractivity contribution in [3.8, 4) is 0 Å². The van der Waals surface area contributed by atoms with Crippen molar-refractivity contribution in [2.45, 2.75) is 26.3 Å². The molecule has 0 saturated carbocycles. The normalized spacial score (nSPS) is 14.1. The predicted octanol–water partition coefficient (Wildman–Crippen LogP) is 3.67. The molecule has 0 fully saturated rings. The predicted molar refractivity (Wildman–Crippen MR) is 96.6 cm³/mol. The highest BCUT2D eigenvalue weighted by molar-refractivity contribution is 6.30. The van der Waals surface area contributed by atoms with Gasteiger partial charge >= 0.3 is 0 Å². The van der Waals surface area contributed by atoms with Crippen LogP contribution >= 0.6 is 11.6 Å². The van der Waals surface area contributed by atoms with Gasteiger partial charge in [0.1, 0.15) is 6.54 Å². The second-order valence-electron chi connectivity index (χ2n) is 6.13. The van der Waals surface area contributed by atoms with E-state index in [0.717, 1.165) is 16.9 Å². The van der Waals surface area contributed by atoms with Gasteiger partial charge in [0.25, 0.3) is 0 Å². The Morgan fingerprint density at radius 1 is 1.12 bits per heavy atom. The molecule has 2 amide bonds. The summed E-state index contributed by atoms with van der Waals surface area (Å²) in [7, 11) is 0. The first-order valence-electron chi connectivity index (χ1n) is 7.93. The smallest absolute Gasteiger partial charge is 0.247 e. The van der Waals surface area contributed by atoms with Crippen LogP contribution in [0.5, 0.6) is 0 Å². The molecule has 1 aliphatic heterocycles. The lowest BCUT2D eigenvalue weighted by molar-refractivity contribution is -0.122. The number of fused-ring (bicyclic) bond motifs is 1. The van der Waals surface area contributed by atoms with Crippen LogP contribution in [0, 0.1) is 0 Å². The molecule has 0 unspecified atom stereocenters. The van der Waals surface area contributed by atoms with Gasteiger partial charge in [-0.2, -0.15) is 0 Å². The number of halogens is 1. The fourth-order valence-electron chi connectivity index (χ4n) is 3.03. The molecule has 0 N–H and O–H groups in total. The summed E-state index contributed by atoms with van der Waals surface area (Å²) >= 11 is 5.99. The first kappa shape index (κ1) is 16.5. The number of anilines is 2. The van der Waals surface area contributed by atoms with Crippen LogP contribution in [0.1, 0.15) is 19.4 Å². The fourth-order valence-corrected chi connectivity index (χ4v) is 3.25. The topological polar surface area (TPSA) is 40.6 Å². The van der Waals surface area contributed by atoms with Crippen LogP contribution in [0.25, 0.3) is 0 Å². The van der Waals surface area contributed by atoms with Crippen LogP contribution in [0.15, 0.2) is 48.5 Å². The minimum absolute atomic E-state index is 0.0452. The summed E-state index contributed by atoms with van der Waals surface area (Å²) in [6.45, 7) is 4.00. The summed E-state index contributed by atoms with van der Waals surface area (Å²) in [5.74, 6) is -0.176. The van der Waals surface area contributed by atoms with Crippen molar-refractivity contribution in [3.63, 3.8) is 0 Å². The van der Waals surface area contributed by atoms with Crippen molar-refractivity contribution in [1.29, 1.82) is 0 Å². The third-order valence-electron chi connectivity index (χ3n) is 4.06. The van der Waals surface area contributed by atoms with Crippen molar-refractivity contribution < 1.29 is 9.59 Å². The fraction of sp³-hybridized carbons (Fsp3) is 0.263. The van der Waals surface area contributed by atoms with Gasteiger partial charge in [0, 0.05) is 11.1 Å². The Morgan fingerprint density at radius 3 is 2.50 bits per heavy atom. The van der Waals surface area contributed by atoms with Crippen LogP contribution < -0.4 is 9.80 Å². The van der Waals surface area contributed by atoms with E-state index in [2.05, 4.69) is 0 Å². The largest absolute Gasteiger partial charge is 0.306 e. The first-order chi connectivity index (χ1) is 11.5. The van der Waals surface area contributed by atoms with Gasteiger partial charge in [0.15, 0.2) is 0 Å². The van der Waals surface area contributed by atoms with E-state index in [0.29, 0.717) is 5.02 Å². The molecule has 2 aromatic rings. The highest BCUT2D eigenvalue weighted by Crippen LogP contribution is 2.35. The lowest BCUT2D eigenvalue weighted by Crippen LogP contribution is -2.50. The zero-order valence-corrected chi connectivity index (χ0v) is 14.5. The molecular formula is C19H19ClN2O2. The van der Waals surface area contributed by atoms with Crippen LogP contribution in [-0.2, 0) is 16.0 Å². The number of benzene rings is 2. The average Bonchev–Trinajstić information content (AvgIpc) is 2.53. The number of hydrogen-bond donors (Lipinski definition) is 0. The maximum atomic E-state index is 12.8. The van der Waals surface area contributed by atoms with Crippen LogP contribution in [0.3, 0.4) is 0 Å². The van der Waals surface area contributed by atoms with Crippen LogP contribution in [-0.4, -0.2) is 24.4 Å². The molecular weight excluding hydrogens is 324 g/mol. The van der Waals surface area contributed by atoms with Crippen molar-refractivity contribution in [2.75, 3.05) is 16.3 Å². The Labute approximate surface area is 146 Å². The number of carbonyl (C=O) groups is 2.